The average Bonchev–Trinajstić information content (AvgIpc) is 2.79. The van der Waals surface area contributed by atoms with Crippen LogP contribution in [0.25, 0.3) is 0 Å². The number of hydrogen-bond acceptors (Lipinski definition) is 3. The van der Waals surface area contributed by atoms with E-state index in [0.717, 1.165) is 0 Å². The first kappa shape index (κ1) is 10.0. The molecule has 0 bridgehead atoms. The molecule has 0 aromatic carbocycles. The predicted octanol–water partition coefficient (Wildman–Crippen LogP) is 0.762. The summed E-state index contributed by atoms with van der Waals surface area (Å²) in [4.78, 5) is 21.9. The van der Waals surface area contributed by atoms with E-state index >= 15 is 0 Å². The van der Waals surface area contributed by atoms with Crippen LogP contribution in [0.15, 0.2) is 12.7 Å². The second-order valence-electron chi connectivity index (χ2n) is 4.11. The summed E-state index contributed by atoms with van der Waals surface area (Å²) >= 11 is 0. The molecule has 5 nitrogen and oxygen atoms in total. The molecule has 1 amide bonds. The summed E-state index contributed by atoms with van der Waals surface area (Å²) in [5, 5.41) is 11.5. The number of carboxylic acid groups (broad SMARTS) is 1. The predicted molar refractivity (Wildman–Crippen MR) is 51.3 cm³/mol. The highest BCUT2D eigenvalue weighted by molar-refractivity contribution is 5.82. The van der Waals surface area contributed by atoms with Crippen LogP contribution in [0.1, 0.15) is 12.8 Å². The lowest BCUT2D eigenvalue weighted by Crippen LogP contribution is -2.48. The number of carboxylic acids is 1. The number of amides is 1. The number of ether oxygens (including phenoxy) is 1. The fourth-order valence-corrected chi connectivity index (χ4v) is 2.28. The lowest BCUT2D eigenvalue weighted by atomic mass is 9.80. The molecule has 15 heavy (non-hydrogen) atoms. The molecular formula is C10H13NO4. The molecule has 2 saturated carbocycles. The van der Waals surface area contributed by atoms with Gasteiger partial charge in [-0.25, -0.2) is 4.79 Å². The summed E-state index contributed by atoms with van der Waals surface area (Å²) in [7, 11) is 0. The Morgan fingerprint density at radius 2 is 2.33 bits per heavy atom. The van der Waals surface area contributed by atoms with Crippen LogP contribution in [0.4, 0.5) is 4.79 Å². The highest BCUT2D eigenvalue weighted by Gasteiger charge is 2.72. The highest BCUT2D eigenvalue weighted by Crippen LogP contribution is 2.67. The quantitative estimate of drug-likeness (QED) is 0.673. The number of hydrogen-bond donors (Lipinski definition) is 2. The Hall–Kier alpha value is -1.52. The van der Waals surface area contributed by atoms with E-state index in [0.29, 0.717) is 12.8 Å². The molecule has 0 unspecified atom stereocenters. The number of nitrogens with one attached hydrogen (secondary N) is 1. The molecule has 2 N–H and O–H groups in total. The Labute approximate surface area is 87.1 Å². The number of carbonyl (C=O) groups is 2. The van der Waals surface area contributed by atoms with Crippen LogP contribution in [0.5, 0.6) is 0 Å². The first-order chi connectivity index (χ1) is 7.10. The monoisotopic (exact) mass is 211 g/mol. The van der Waals surface area contributed by atoms with E-state index < -0.39 is 17.5 Å². The molecule has 82 valence electrons. The third-order valence-corrected chi connectivity index (χ3v) is 3.27. The van der Waals surface area contributed by atoms with Crippen LogP contribution in [-0.2, 0) is 9.53 Å². The maximum Gasteiger partial charge on any atom is 0.407 e. The maximum absolute atomic E-state index is 11.1. The molecular weight excluding hydrogens is 198 g/mol. The lowest BCUT2D eigenvalue weighted by Gasteiger charge is -2.31. The van der Waals surface area contributed by atoms with Gasteiger partial charge in [0.15, 0.2) is 0 Å². The molecule has 0 aromatic rings. The van der Waals surface area contributed by atoms with Gasteiger partial charge >= 0.3 is 12.1 Å². The molecule has 5 heteroatoms. The van der Waals surface area contributed by atoms with Crippen molar-refractivity contribution in [3.8, 4) is 0 Å². The van der Waals surface area contributed by atoms with Gasteiger partial charge in [-0.15, -0.1) is 0 Å². The SMILES string of the molecule is C=CCOC(=O)N[C@H]1C[C@@]2(C(=O)O)C[C@@H]12. The van der Waals surface area contributed by atoms with Gasteiger partial charge in [-0.05, 0) is 18.8 Å². The van der Waals surface area contributed by atoms with Crippen LogP contribution in [0, 0.1) is 11.3 Å². The zero-order valence-corrected chi connectivity index (χ0v) is 8.23. The first-order valence-corrected chi connectivity index (χ1v) is 4.88. The fourth-order valence-electron chi connectivity index (χ4n) is 2.28. The standard InChI is InChI=1S/C10H13NO4/c1-2-3-15-9(14)11-7-5-10(8(12)13)4-6(7)10/h2,6-7H,1,3-5H2,(H,11,14)(H,12,13)/t6-,7-,10-/m0/s1. The number of aliphatic carboxylic acids is 1. The van der Waals surface area contributed by atoms with E-state index in [9.17, 15) is 9.59 Å². The minimum Gasteiger partial charge on any atom is -0.481 e. The number of alkyl carbamates (subject to hydrolysis) is 1. The third kappa shape index (κ3) is 1.48. The number of carbonyl (C=O) groups excluding carboxylic acids is 1. The van der Waals surface area contributed by atoms with Crippen molar-refractivity contribution in [2.24, 2.45) is 11.3 Å². The average molecular weight is 211 g/mol. The van der Waals surface area contributed by atoms with Crippen molar-refractivity contribution in [1.82, 2.24) is 5.32 Å². The lowest BCUT2D eigenvalue weighted by molar-refractivity contribution is -0.147. The minimum absolute atomic E-state index is 0.0292. The van der Waals surface area contributed by atoms with E-state index in [1.807, 2.05) is 0 Å². The zero-order valence-electron chi connectivity index (χ0n) is 8.23. The van der Waals surface area contributed by atoms with Crippen LogP contribution in [-0.4, -0.2) is 29.8 Å². The summed E-state index contributed by atoms with van der Waals surface area (Å²) in [6.45, 7) is 3.59. The molecule has 0 spiro atoms. The Morgan fingerprint density at radius 1 is 1.60 bits per heavy atom. The highest BCUT2D eigenvalue weighted by atomic mass is 16.5. The molecule has 0 heterocycles. The Morgan fingerprint density at radius 3 is 2.80 bits per heavy atom. The van der Waals surface area contributed by atoms with E-state index in [2.05, 4.69) is 11.9 Å². The van der Waals surface area contributed by atoms with E-state index in [1.54, 1.807) is 0 Å². The second kappa shape index (κ2) is 3.25. The number of rotatable bonds is 4. The molecule has 3 atom stereocenters. The smallest absolute Gasteiger partial charge is 0.407 e. The Kier molecular flexibility index (Phi) is 2.17. The van der Waals surface area contributed by atoms with E-state index in [4.69, 9.17) is 9.84 Å². The topological polar surface area (TPSA) is 75.6 Å². The number of fused-ring (bicyclic) bond motifs is 1. The molecule has 2 fully saturated rings. The van der Waals surface area contributed by atoms with Gasteiger partial charge in [-0.2, -0.15) is 0 Å². The van der Waals surface area contributed by atoms with Gasteiger partial charge in [-0.1, -0.05) is 12.7 Å². The molecule has 2 aliphatic rings. The zero-order chi connectivity index (χ0) is 11.1. The normalized spacial score (nSPS) is 35.7. The Bertz CT molecular complexity index is 327. The fraction of sp³-hybridized carbons (Fsp3) is 0.600. The van der Waals surface area contributed by atoms with Gasteiger partial charge in [0.05, 0.1) is 5.41 Å². The molecule has 2 rings (SSSR count). The van der Waals surface area contributed by atoms with Gasteiger partial charge in [-0.3, -0.25) is 4.79 Å². The van der Waals surface area contributed by atoms with Gasteiger partial charge < -0.3 is 15.2 Å². The summed E-state index contributed by atoms with van der Waals surface area (Å²) in [6.07, 6.45) is 2.19. The van der Waals surface area contributed by atoms with Gasteiger partial charge in [0, 0.05) is 6.04 Å². The van der Waals surface area contributed by atoms with Crippen LogP contribution in [0.3, 0.4) is 0 Å². The van der Waals surface area contributed by atoms with Gasteiger partial charge in [0.25, 0.3) is 0 Å². The summed E-state index contributed by atoms with van der Waals surface area (Å²) in [5.41, 5.74) is -0.531. The van der Waals surface area contributed by atoms with Crippen molar-refractivity contribution in [3.05, 3.63) is 12.7 Å². The molecule has 0 saturated heterocycles. The van der Waals surface area contributed by atoms with Crippen molar-refractivity contribution < 1.29 is 19.4 Å². The van der Waals surface area contributed by atoms with E-state index in [-0.39, 0.29) is 18.6 Å². The largest absolute Gasteiger partial charge is 0.481 e. The van der Waals surface area contributed by atoms with Crippen LogP contribution < -0.4 is 5.32 Å². The van der Waals surface area contributed by atoms with Gasteiger partial charge in [0.2, 0.25) is 0 Å². The second-order valence-corrected chi connectivity index (χ2v) is 4.11. The molecule has 0 radical (unpaired) electrons. The maximum atomic E-state index is 11.1. The van der Waals surface area contributed by atoms with Gasteiger partial charge in [0.1, 0.15) is 6.61 Å². The third-order valence-electron chi connectivity index (χ3n) is 3.27. The van der Waals surface area contributed by atoms with Crippen LogP contribution in [0.2, 0.25) is 0 Å². The van der Waals surface area contributed by atoms with Crippen molar-refractivity contribution in [1.29, 1.82) is 0 Å². The van der Waals surface area contributed by atoms with Crippen molar-refractivity contribution in [2.45, 2.75) is 18.9 Å². The minimum atomic E-state index is -0.745. The van der Waals surface area contributed by atoms with Crippen LogP contribution >= 0.6 is 0 Å². The van der Waals surface area contributed by atoms with Crippen molar-refractivity contribution >= 4 is 12.1 Å². The Balaban J connectivity index is 1.75. The molecule has 2 aliphatic carbocycles. The first-order valence-electron chi connectivity index (χ1n) is 4.88. The van der Waals surface area contributed by atoms with E-state index in [1.165, 1.54) is 6.08 Å². The molecule has 0 aromatic heterocycles. The summed E-state index contributed by atoms with van der Waals surface area (Å²) in [6, 6.07) is -0.0292. The summed E-state index contributed by atoms with van der Waals surface area (Å²) in [5.74, 6) is -0.642. The van der Waals surface area contributed by atoms with Crippen molar-refractivity contribution in [3.63, 3.8) is 0 Å². The van der Waals surface area contributed by atoms with Crippen molar-refractivity contribution in [2.75, 3.05) is 6.61 Å². The molecule has 0 aliphatic heterocycles. The summed E-state index contributed by atoms with van der Waals surface area (Å²) < 4.78 is 4.74.